The molecule has 110 valence electrons. The molecule has 0 unspecified atom stereocenters. The number of carbonyl (C=O) groups is 1. The van der Waals surface area contributed by atoms with Gasteiger partial charge in [0, 0.05) is 26.2 Å². The zero-order chi connectivity index (χ0) is 14.8. The van der Waals surface area contributed by atoms with Crippen LogP contribution in [-0.2, 0) is 0 Å². The summed E-state index contributed by atoms with van der Waals surface area (Å²) in [7, 11) is 0. The normalized spacial score (nSPS) is 15.3. The lowest BCUT2D eigenvalue weighted by molar-refractivity contribution is 0.0751. The molecule has 1 aliphatic heterocycles. The molecule has 0 saturated carbocycles. The molecular formula is C14H15ClN4OS. The van der Waals surface area contributed by atoms with Gasteiger partial charge in [-0.1, -0.05) is 11.6 Å². The number of hydrogen-bond acceptors (Lipinski definition) is 5. The standard InChI is InChI=1S/C14H15ClN4OS/c15-12-3-2-11(21-12)14(20)19-7-5-18(6-8-19)10-1-4-13(16)17-9-10/h1-4,9H,5-8H2,(H2,16,17). The molecule has 2 aromatic rings. The van der Waals surface area contributed by atoms with Crippen LogP contribution in [0.5, 0.6) is 0 Å². The maximum atomic E-state index is 12.3. The molecule has 0 spiro atoms. The Morgan fingerprint density at radius 1 is 1.19 bits per heavy atom. The number of pyridine rings is 1. The van der Waals surface area contributed by atoms with Gasteiger partial charge < -0.3 is 15.5 Å². The molecule has 5 nitrogen and oxygen atoms in total. The van der Waals surface area contributed by atoms with Crippen molar-refractivity contribution in [2.24, 2.45) is 0 Å². The summed E-state index contributed by atoms with van der Waals surface area (Å²) >= 11 is 7.21. The fourth-order valence-electron chi connectivity index (χ4n) is 2.34. The molecule has 2 N–H and O–H groups in total. The number of aromatic nitrogens is 1. The van der Waals surface area contributed by atoms with Crippen LogP contribution in [0.1, 0.15) is 9.67 Å². The number of anilines is 2. The minimum Gasteiger partial charge on any atom is -0.384 e. The Labute approximate surface area is 131 Å². The molecule has 1 aliphatic rings. The number of hydrogen-bond donors (Lipinski definition) is 1. The summed E-state index contributed by atoms with van der Waals surface area (Å²) < 4.78 is 0.643. The van der Waals surface area contributed by atoms with Gasteiger partial charge in [-0.25, -0.2) is 4.98 Å². The molecule has 2 aromatic heterocycles. The predicted molar refractivity (Wildman–Crippen MR) is 86.1 cm³/mol. The van der Waals surface area contributed by atoms with Crippen LogP contribution in [0.4, 0.5) is 11.5 Å². The monoisotopic (exact) mass is 322 g/mol. The lowest BCUT2D eigenvalue weighted by atomic mass is 10.2. The van der Waals surface area contributed by atoms with Crippen molar-refractivity contribution in [2.45, 2.75) is 0 Å². The van der Waals surface area contributed by atoms with Gasteiger partial charge in [0.1, 0.15) is 5.82 Å². The molecule has 0 aromatic carbocycles. The van der Waals surface area contributed by atoms with E-state index in [1.807, 2.05) is 11.0 Å². The highest BCUT2D eigenvalue weighted by atomic mass is 35.5. The Balaban J connectivity index is 1.62. The summed E-state index contributed by atoms with van der Waals surface area (Å²) in [6.45, 7) is 2.96. The number of nitrogens with zero attached hydrogens (tertiary/aromatic N) is 3. The summed E-state index contributed by atoms with van der Waals surface area (Å²) in [4.78, 5) is 21.2. The molecule has 0 radical (unpaired) electrons. The SMILES string of the molecule is Nc1ccc(N2CCN(C(=O)c3ccc(Cl)s3)CC2)cn1. The number of nitrogen functional groups attached to an aromatic ring is 1. The van der Waals surface area contributed by atoms with E-state index < -0.39 is 0 Å². The Morgan fingerprint density at radius 2 is 1.95 bits per heavy atom. The van der Waals surface area contributed by atoms with E-state index >= 15 is 0 Å². The lowest BCUT2D eigenvalue weighted by Gasteiger charge is -2.35. The summed E-state index contributed by atoms with van der Waals surface area (Å²) in [5.74, 6) is 0.573. The summed E-state index contributed by atoms with van der Waals surface area (Å²) in [6.07, 6.45) is 1.77. The van der Waals surface area contributed by atoms with E-state index in [1.165, 1.54) is 11.3 Å². The van der Waals surface area contributed by atoms with Crippen molar-refractivity contribution >= 4 is 40.4 Å². The average Bonchev–Trinajstić information content (AvgIpc) is 2.94. The summed E-state index contributed by atoms with van der Waals surface area (Å²) in [6, 6.07) is 7.29. The van der Waals surface area contributed by atoms with E-state index in [2.05, 4.69) is 9.88 Å². The van der Waals surface area contributed by atoms with Crippen molar-refractivity contribution in [2.75, 3.05) is 36.8 Å². The van der Waals surface area contributed by atoms with Gasteiger partial charge in [0.05, 0.1) is 21.1 Å². The van der Waals surface area contributed by atoms with E-state index in [-0.39, 0.29) is 5.91 Å². The Kier molecular flexibility index (Phi) is 3.98. The van der Waals surface area contributed by atoms with Gasteiger partial charge in [-0.05, 0) is 24.3 Å². The molecule has 7 heteroatoms. The number of carbonyl (C=O) groups excluding carboxylic acids is 1. The Bertz CT molecular complexity index is 635. The Morgan fingerprint density at radius 3 is 2.52 bits per heavy atom. The number of thiophene rings is 1. The highest BCUT2D eigenvalue weighted by molar-refractivity contribution is 7.17. The second-order valence-corrected chi connectivity index (χ2v) is 6.54. The number of piperazine rings is 1. The number of nitrogens with two attached hydrogens (primary N) is 1. The van der Waals surface area contributed by atoms with Crippen LogP contribution in [-0.4, -0.2) is 42.0 Å². The van der Waals surface area contributed by atoms with Gasteiger partial charge in [0.2, 0.25) is 0 Å². The second-order valence-electron chi connectivity index (χ2n) is 4.82. The van der Waals surface area contributed by atoms with Crippen molar-refractivity contribution in [1.29, 1.82) is 0 Å². The zero-order valence-corrected chi connectivity index (χ0v) is 12.9. The third-order valence-corrected chi connectivity index (χ3v) is 4.71. The van der Waals surface area contributed by atoms with Crippen LogP contribution in [0.2, 0.25) is 4.34 Å². The van der Waals surface area contributed by atoms with Crippen LogP contribution in [0.25, 0.3) is 0 Å². The molecule has 3 heterocycles. The van der Waals surface area contributed by atoms with E-state index in [0.717, 1.165) is 18.8 Å². The highest BCUT2D eigenvalue weighted by Gasteiger charge is 2.23. The van der Waals surface area contributed by atoms with Gasteiger partial charge in [-0.15, -0.1) is 11.3 Å². The minimum absolute atomic E-state index is 0.0574. The number of rotatable bonds is 2. The van der Waals surface area contributed by atoms with E-state index in [9.17, 15) is 4.79 Å². The third kappa shape index (κ3) is 3.11. The van der Waals surface area contributed by atoms with Crippen LogP contribution in [0, 0.1) is 0 Å². The lowest BCUT2D eigenvalue weighted by Crippen LogP contribution is -2.48. The molecule has 1 saturated heterocycles. The van der Waals surface area contributed by atoms with Crippen molar-refractivity contribution in [3.63, 3.8) is 0 Å². The fourth-order valence-corrected chi connectivity index (χ4v) is 3.35. The average molecular weight is 323 g/mol. The van der Waals surface area contributed by atoms with E-state index in [4.69, 9.17) is 17.3 Å². The van der Waals surface area contributed by atoms with Crippen LogP contribution >= 0.6 is 22.9 Å². The molecule has 0 aliphatic carbocycles. The first-order valence-corrected chi connectivity index (χ1v) is 7.84. The van der Waals surface area contributed by atoms with Gasteiger partial charge in [-0.2, -0.15) is 0 Å². The molecule has 1 amide bonds. The van der Waals surface area contributed by atoms with Gasteiger partial charge in [-0.3, -0.25) is 4.79 Å². The minimum atomic E-state index is 0.0574. The summed E-state index contributed by atoms with van der Waals surface area (Å²) in [5.41, 5.74) is 6.63. The molecule has 21 heavy (non-hydrogen) atoms. The van der Waals surface area contributed by atoms with Crippen LogP contribution in [0.3, 0.4) is 0 Å². The van der Waals surface area contributed by atoms with Gasteiger partial charge in [0.15, 0.2) is 0 Å². The fraction of sp³-hybridized carbons (Fsp3) is 0.286. The third-order valence-electron chi connectivity index (χ3n) is 3.49. The first kappa shape index (κ1) is 14.2. The van der Waals surface area contributed by atoms with Crippen molar-refractivity contribution in [3.05, 3.63) is 39.7 Å². The topological polar surface area (TPSA) is 62.5 Å². The maximum Gasteiger partial charge on any atom is 0.264 e. The highest BCUT2D eigenvalue weighted by Crippen LogP contribution is 2.24. The molecule has 0 bridgehead atoms. The predicted octanol–water partition coefficient (Wildman–Crippen LogP) is 2.34. The smallest absolute Gasteiger partial charge is 0.264 e. The largest absolute Gasteiger partial charge is 0.384 e. The van der Waals surface area contributed by atoms with E-state index in [0.29, 0.717) is 28.1 Å². The van der Waals surface area contributed by atoms with Crippen molar-refractivity contribution in [1.82, 2.24) is 9.88 Å². The maximum absolute atomic E-state index is 12.3. The number of halogens is 1. The Hall–Kier alpha value is -1.79. The zero-order valence-electron chi connectivity index (χ0n) is 11.3. The first-order chi connectivity index (χ1) is 10.1. The quantitative estimate of drug-likeness (QED) is 0.922. The molecular weight excluding hydrogens is 308 g/mol. The van der Waals surface area contributed by atoms with Crippen molar-refractivity contribution in [3.8, 4) is 0 Å². The summed E-state index contributed by atoms with van der Waals surface area (Å²) in [5, 5.41) is 0. The van der Waals surface area contributed by atoms with Crippen LogP contribution < -0.4 is 10.6 Å². The molecule has 1 fully saturated rings. The molecule has 0 atom stereocenters. The van der Waals surface area contributed by atoms with E-state index in [1.54, 1.807) is 24.4 Å². The molecule has 3 rings (SSSR count). The second kappa shape index (κ2) is 5.91. The van der Waals surface area contributed by atoms with Gasteiger partial charge >= 0.3 is 0 Å². The number of amides is 1. The van der Waals surface area contributed by atoms with Gasteiger partial charge in [0.25, 0.3) is 5.91 Å². The first-order valence-electron chi connectivity index (χ1n) is 6.64. The van der Waals surface area contributed by atoms with Crippen LogP contribution in [0.15, 0.2) is 30.5 Å². The van der Waals surface area contributed by atoms with Crippen molar-refractivity contribution < 1.29 is 4.79 Å².